The molecule has 0 atom stereocenters. The zero-order valence-electron chi connectivity index (χ0n) is 17.1. The lowest BCUT2D eigenvalue weighted by Gasteiger charge is -2.34. The second-order valence-corrected chi connectivity index (χ2v) is 8.95. The normalized spacial score (nSPS) is 16.2. The van der Waals surface area contributed by atoms with E-state index in [0.717, 1.165) is 50.2 Å². The molecule has 1 aromatic heterocycles. The highest BCUT2D eigenvalue weighted by molar-refractivity contribution is 7.17. The van der Waals surface area contributed by atoms with Gasteiger partial charge in [0.1, 0.15) is 0 Å². The largest absolute Gasteiger partial charge is 0.355 e. The molecule has 1 N–H and O–H groups in total. The van der Waals surface area contributed by atoms with E-state index in [2.05, 4.69) is 47.5 Å². The summed E-state index contributed by atoms with van der Waals surface area (Å²) in [5.41, 5.74) is 3.97. The number of nitrogens with zero attached hydrogens (tertiary/aromatic N) is 2. The maximum absolute atomic E-state index is 13.1. The molecule has 0 spiro atoms. The molecule has 1 saturated heterocycles. The summed E-state index contributed by atoms with van der Waals surface area (Å²) < 4.78 is 0. The van der Waals surface area contributed by atoms with Crippen LogP contribution in [0.5, 0.6) is 0 Å². The molecule has 1 aliphatic heterocycles. The van der Waals surface area contributed by atoms with Gasteiger partial charge in [0.25, 0.3) is 5.91 Å². The Morgan fingerprint density at radius 2 is 1.83 bits per heavy atom. The van der Waals surface area contributed by atoms with Gasteiger partial charge in [0, 0.05) is 37.6 Å². The molecule has 6 heteroatoms. The van der Waals surface area contributed by atoms with Crippen LogP contribution >= 0.6 is 11.3 Å². The number of thiophene rings is 1. The molecule has 0 bridgehead atoms. The molecule has 0 saturated carbocycles. The number of piperazine rings is 1. The Morgan fingerprint density at radius 1 is 1.07 bits per heavy atom. The minimum absolute atomic E-state index is 0.0859. The van der Waals surface area contributed by atoms with Crippen molar-refractivity contribution in [3.05, 3.63) is 46.3 Å². The van der Waals surface area contributed by atoms with Gasteiger partial charge in [0.15, 0.2) is 0 Å². The summed E-state index contributed by atoms with van der Waals surface area (Å²) in [6.45, 7) is 6.16. The van der Waals surface area contributed by atoms with E-state index in [9.17, 15) is 9.59 Å². The van der Waals surface area contributed by atoms with E-state index >= 15 is 0 Å². The van der Waals surface area contributed by atoms with Crippen molar-refractivity contribution >= 4 is 23.2 Å². The number of carbonyl (C=O) groups excluding carboxylic acids is 2. The van der Waals surface area contributed by atoms with Crippen LogP contribution in [-0.4, -0.2) is 60.9 Å². The molecule has 2 amide bonds. The van der Waals surface area contributed by atoms with E-state index in [0.29, 0.717) is 19.6 Å². The van der Waals surface area contributed by atoms with Gasteiger partial charge in [-0.2, -0.15) is 0 Å². The summed E-state index contributed by atoms with van der Waals surface area (Å²) in [4.78, 5) is 31.3. The Morgan fingerprint density at radius 3 is 2.62 bits per heavy atom. The molecule has 2 aromatic rings. The molecule has 2 aliphatic rings. The number of fused-ring (bicyclic) bond motifs is 3. The van der Waals surface area contributed by atoms with Crippen molar-refractivity contribution in [3.8, 4) is 10.4 Å². The van der Waals surface area contributed by atoms with Crippen molar-refractivity contribution < 1.29 is 9.59 Å². The number of rotatable bonds is 6. The van der Waals surface area contributed by atoms with Crippen LogP contribution in [0.15, 0.2) is 30.3 Å². The van der Waals surface area contributed by atoms with Gasteiger partial charge in [0.2, 0.25) is 5.91 Å². The SMILES string of the molecule is CCCCNC(=O)CN1CCN(C(=O)c2cc3c(s2)-c2ccccc2CC3)CC1. The Bertz CT molecular complexity index is 884. The summed E-state index contributed by atoms with van der Waals surface area (Å²) in [5.74, 6) is 0.219. The van der Waals surface area contributed by atoms with Gasteiger partial charge >= 0.3 is 0 Å². The van der Waals surface area contributed by atoms with Crippen molar-refractivity contribution in [1.82, 2.24) is 15.1 Å². The Hall–Kier alpha value is -2.18. The zero-order valence-corrected chi connectivity index (χ0v) is 17.9. The van der Waals surface area contributed by atoms with Gasteiger partial charge in [-0.15, -0.1) is 11.3 Å². The summed E-state index contributed by atoms with van der Waals surface area (Å²) >= 11 is 1.63. The van der Waals surface area contributed by atoms with Crippen LogP contribution < -0.4 is 5.32 Å². The summed E-state index contributed by atoms with van der Waals surface area (Å²) in [6, 6.07) is 10.6. The quantitative estimate of drug-likeness (QED) is 0.743. The topological polar surface area (TPSA) is 52.7 Å². The van der Waals surface area contributed by atoms with Crippen LogP contribution in [0.2, 0.25) is 0 Å². The molecular weight excluding hydrogens is 382 g/mol. The van der Waals surface area contributed by atoms with Gasteiger partial charge in [-0.1, -0.05) is 37.6 Å². The first-order valence-corrected chi connectivity index (χ1v) is 11.5. The predicted molar refractivity (Wildman–Crippen MR) is 117 cm³/mol. The highest BCUT2D eigenvalue weighted by atomic mass is 32.1. The third-order valence-corrected chi connectivity index (χ3v) is 7.02. The molecule has 1 aromatic carbocycles. The lowest BCUT2D eigenvalue weighted by molar-refractivity contribution is -0.122. The van der Waals surface area contributed by atoms with E-state index in [1.54, 1.807) is 11.3 Å². The molecule has 1 fully saturated rings. The number of hydrogen-bond donors (Lipinski definition) is 1. The number of benzene rings is 1. The summed E-state index contributed by atoms with van der Waals surface area (Å²) in [5, 5.41) is 2.97. The Kier molecular flexibility index (Phi) is 6.31. The molecular formula is C23H29N3O2S. The molecule has 0 unspecified atom stereocenters. The van der Waals surface area contributed by atoms with Crippen molar-refractivity contribution in [2.45, 2.75) is 32.6 Å². The third kappa shape index (κ3) is 4.54. The molecule has 0 radical (unpaired) electrons. The zero-order chi connectivity index (χ0) is 20.2. The lowest BCUT2D eigenvalue weighted by atomic mass is 9.91. The van der Waals surface area contributed by atoms with Gasteiger partial charge in [-0.05, 0) is 42.0 Å². The number of hydrogen-bond acceptors (Lipinski definition) is 4. The monoisotopic (exact) mass is 411 g/mol. The number of carbonyl (C=O) groups is 2. The van der Waals surface area contributed by atoms with E-state index in [4.69, 9.17) is 0 Å². The fourth-order valence-corrected chi connectivity index (χ4v) is 5.34. The first kappa shape index (κ1) is 20.1. The molecule has 2 heterocycles. The predicted octanol–water partition coefficient (Wildman–Crippen LogP) is 3.19. The number of aryl methyl sites for hydroxylation is 2. The van der Waals surface area contributed by atoms with Crippen LogP contribution in [0.3, 0.4) is 0 Å². The van der Waals surface area contributed by atoms with Gasteiger partial charge in [-0.3, -0.25) is 14.5 Å². The van der Waals surface area contributed by atoms with E-state index < -0.39 is 0 Å². The second kappa shape index (κ2) is 9.09. The van der Waals surface area contributed by atoms with Crippen LogP contribution in [-0.2, 0) is 17.6 Å². The second-order valence-electron chi connectivity index (χ2n) is 7.89. The molecule has 1 aliphatic carbocycles. The number of unbranched alkanes of at least 4 members (excludes halogenated alkanes) is 1. The van der Waals surface area contributed by atoms with Crippen LogP contribution in [0.4, 0.5) is 0 Å². The molecule has 29 heavy (non-hydrogen) atoms. The average molecular weight is 412 g/mol. The summed E-state index contributed by atoms with van der Waals surface area (Å²) in [7, 11) is 0. The average Bonchev–Trinajstić information content (AvgIpc) is 3.19. The molecule has 4 rings (SSSR count). The van der Waals surface area contributed by atoms with Crippen molar-refractivity contribution in [2.24, 2.45) is 0 Å². The highest BCUT2D eigenvalue weighted by Crippen LogP contribution is 2.39. The van der Waals surface area contributed by atoms with Crippen molar-refractivity contribution in [3.63, 3.8) is 0 Å². The summed E-state index contributed by atoms with van der Waals surface area (Å²) in [6.07, 6.45) is 4.16. The fraction of sp³-hybridized carbons (Fsp3) is 0.478. The first-order chi connectivity index (χ1) is 14.2. The maximum atomic E-state index is 13.1. The van der Waals surface area contributed by atoms with Gasteiger partial charge in [0.05, 0.1) is 11.4 Å². The smallest absolute Gasteiger partial charge is 0.264 e. The standard InChI is InChI=1S/C23H29N3O2S/c1-2-3-10-24-21(27)16-25-11-13-26(14-12-25)23(28)20-15-18-9-8-17-6-4-5-7-19(17)22(18)29-20/h4-7,15H,2-3,8-14,16H2,1H3,(H,24,27). The fourth-order valence-electron chi connectivity index (χ4n) is 4.11. The van der Waals surface area contributed by atoms with Crippen LogP contribution in [0, 0.1) is 0 Å². The Labute approximate surface area is 176 Å². The molecule has 5 nitrogen and oxygen atoms in total. The maximum Gasteiger partial charge on any atom is 0.264 e. The van der Waals surface area contributed by atoms with E-state index in [-0.39, 0.29) is 11.8 Å². The lowest BCUT2D eigenvalue weighted by Crippen LogP contribution is -2.51. The van der Waals surface area contributed by atoms with Crippen LogP contribution in [0.25, 0.3) is 10.4 Å². The number of amides is 2. The van der Waals surface area contributed by atoms with Crippen LogP contribution in [0.1, 0.15) is 40.6 Å². The molecule has 154 valence electrons. The Balaban J connectivity index is 1.34. The minimum Gasteiger partial charge on any atom is -0.355 e. The van der Waals surface area contributed by atoms with Crippen molar-refractivity contribution in [2.75, 3.05) is 39.3 Å². The van der Waals surface area contributed by atoms with E-state index in [1.165, 1.54) is 21.6 Å². The van der Waals surface area contributed by atoms with Gasteiger partial charge in [-0.25, -0.2) is 0 Å². The first-order valence-electron chi connectivity index (χ1n) is 10.6. The minimum atomic E-state index is 0.0859. The van der Waals surface area contributed by atoms with Crippen molar-refractivity contribution in [1.29, 1.82) is 0 Å². The van der Waals surface area contributed by atoms with Gasteiger partial charge < -0.3 is 10.2 Å². The van der Waals surface area contributed by atoms with E-state index in [1.807, 2.05) is 4.90 Å². The highest BCUT2D eigenvalue weighted by Gasteiger charge is 2.27. The number of nitrogens with one attached hydrogen (secondary N) is 1. The third-order valence-electron chi connectivity index (χ3n) is 5.82.